The molecule has 1 aliphatic heterocycles. The summed E-state index contributed by atoms with van der Waals surface area (Å²) in [5.41, 5.74) is 0. The molecule has 0 atom stereocenters. The molecule has 3 rings (SSSR count). The van der Waals surface area contributed by atoms with Gasteiger partial charge in [-0.25, -0.2) is 18.4 Å². The maximum absolute atomic E-state index is 12.6. The molecular formula is C12H12Br2N4O2S2. The van der Waals surface area contributed by atoms with Gasteiger partial charge in [0.25, 0.3) is 10.0 Å². The van der Waals surface area contributed by atoms with Crippen LogP contribution in [-0.2, 0) is 10.0 Å². The lowest BCUT2D eigenvalue weighted by Gasteiger charge is -2.33. The van der Waals surface area contributed by atoms with Crippen LogP contribution in [0.2, 0.25) is 0 Å². The van der Waals surface area contributed by atoms with Gasteiger partial charge < -0.3 is 4.90 Å². The van der Waals surface area contributed by atoms with Crippen molar-refractivity contribution in [3.63, 3.8) is 0 Å². The highest BCUT2D eigenvalue weighted by molar-refractivity contribution is 9.13. The maximum Gasteiger partial charge on any atom is 0.252 e. The summed E-state index contributed by atoms with van der Waals surface area (Å²) in [5.74, 6) is 0.640. The van der Waals surface area contributed by atoms with Gasteiger partial charge in [0.1, 0.15) is 4.21 Å². The van der Waals surface area contributed by atoms with E-state index in [4.69, 9.17) is 0 Å². The zero-order valence-corrected chi connectivity index (χ0v) is 16.1. The molecule has 22 heavy (non-hydrogen) atoms. The minimum Gasteiger partial charge on any atom is -0.338 e. The van der Waals surface area contributed by atoms with Gasteiger partial charge in [-0.1, -0.05) is 0 Å². The normalized spacial score (nSPS) is 16.9. The lowest BCUT2D eigenvalue weighted by molar-refractivity contribution is 0.383. The summed E-state index contributed by atoms with van der Waals surface area (Å²) >= 11 is 7.88. The van der Waals surface area contributed by atoms with E-state index in [-0.39, 0.29) is 0 Å². The third kappa shape index (κ3) is 3.21. The predicted octanol–water partition coefficient (Wildman–Crippen LogP) is 2.57. The Labute approximate surface area is 149 Å². The standard InChI is InChI=1S/C12H12Br2N4O2S2/c13-9-8-10(21-11(9)14)22(19,20)18-6-4-17(5-7-18)12-15-2-1-3-16-12/h1-3,8H,4-7H2. The van der Waals surface area contributed by atoms with Crippen LogP contribution in [0.5, 0.6) is 0 Å². The fourth-order valence-corrected chi connectivity index (χ4v) is 6.56. The van der Waals surface area contributed by atoms with Gasteiger partial charge in [-0.2, -0.15) is 4.31 Å². The number of rotatable bonds is 3. The molecule has 0 radical (unpaired) electrons. The summed E-state index contributed by atoms with van der Waals surface area (Å²) in [4.78, 5) is 10.4. The number of anilines is 1. The van der Waals surface area contributed by atoms with Crippen LogP contribution in [0.15, 0.2) is 37.0 Å². The molecule has 0 unspecified atom stereocenters. The summed E-state index contributed by atoms with van der Waals surface area (Å²) in [5, 5.41) is 0. The molecule has 6 nitrogen and oxygen atoms in total. The maximum atomic E-state index is 12.6. The fraction of sp³-hybridized carbons (Fsp3) is 0.333. The lowest BCUT2D eigenvalue weighted by atomic mass is 10.4. The van der Waals surface area contributed by atoms with Gasteiger partial charge in [0.2, 0.25) is 5.95 Å². The van der Waals surface area contributed by atoms with Crippen molar-refractivity contribution in [3.05, 3.63) is 32.8 Å². The molecule has 2 aromatic heterocycles. The highest BCUT2D eigenvalue weighted by Gasteiger charge is 2.30. The third-order valence-electron chi connectivity index (χ3n) is 3.29. The number of halogens is 2. The fourth-order valence-electron chi connectivity index (χ4n) is 2.16. The highest BCUT2D eigenvalue weighted by atomic mass is 79.9. The predicted molar refractivity (Wildman–Crippen MR) is 92.7 cm³/mol. The van der Waals surface area contributed by atoms with E-state index in [2.05, 4.69) is 41.8 Å². The van der Waals surface area contributed by atoms with Crippen molar-refractivity contribution in [1.82, 2.24) is 14.3 Å². The summed E-state index contributed by atoms with van der Waals surface area (Å²) in [6, 6.07) is 3.40. The van der Waals surface area contributed by atoms with Crippen LogP contribution in [-0.4, -0.2) is 48.9 Å². The molecule has 10 heteroatoms. The van der Waals surface area contributed by atoms with Crippen LogP contribution < -0.4 is 4.90 Å². The number of hydrogen-bond acceptors (Lipinski definition) is 6. The number of piperazine rings is 1. The lowest BCUT2D eigenvalue weighted by Crippen LogP contribution is -2.49. The SMILES string of the molecule is O=S(=O)(c1cc(Br)c(Br)s1)N1CCN(c2ncccn2)CC1. The van der Waals surface area contributed by atoms with E-state index in [9.17, 15) is 8.42 Å². The minimum absolute atomic E-state index is 0.343. The molecule has 1 aliphatic rings. The number of aromatic nitrogens is 2. The van der Waals surface area contributed by atoms with Crippen LogP contribution >= 0.6 is 43.2 Å². The van der Waals surface area contributed by atoms with Crippen LogP contribution in [0.3, 0.4) is 0 Å². The molecule has 0 amide bonds. The van der Waals surface area contributed by atoms with Crippen molar-refractivity contribution >= 4 is 59.2 Å². The third-order valence-corrected chi connectivity index (χ3v) is 8.89. The Kier molecular flexibility index (Phi) is 4.83. The van der Waals surface area contributed by atoms with E-state index in [0.717, 1.165) is 8.26 Å². The van der Waals surface area contributed by atoms with Crippen LogP contribution in [0.4, 0.5) is 5.95 Å². The molecule has 0 N–H and O–H groups in total. The Morgan fingerprint density at radius 1 is 1.09 bits per heavy atom. The Hall–Kier alpha value is -0.550. The molecule has 2 aromatic rings. The van der Waals surface area contributed by atoms with Gasteiger partial charge in [-0.05, 0) is 44.0 Å². The molecule has 1 saturated heterocycles. The van der Waals surface area contributed by atoms with E-state index >= 15 is 0 Å². The Morgan fingerprint density at radius 3 is 2.27 bits per heavy atom. The van der Waals surface area contributed by atoms with Gasteiger partial charge >= 0.3 is 0 Å². The van der Waals surface area contributed by atoms with Gasteiger partial charge in [0, 0.05) is 43.0 Å². The second kappa shape index (κ2) is 6.52. The van der Waals surface area contributed by atoms with Crippen LogP contribution in [0.25, 0.3) is 0 Å². The number of thiophene rings is 1. The van der Waals surface area contributed by atoms with Crippen LogP contribution in [0.1, 0.15) is 0 Å². The highest BCUT2D eigenvalue weighted by Crippen LogP contribution is 2.36. The van der Waals surface area contributed by atoms with E-state index in [1.54, 1.807) is 24.5 Å². The summed E-state index contributed by atoms with van der Waals surface area (Å²) in [6.07, 6.45) is 3.37. The van der Waals surface area contributed by atoms with Gasteiger partial charge in [0.15, 0.2) is 0 Å². The first-order valence-corrected chi connectivity index (χ1v) is 10.3. The van der Waals surface area contributed by atoms with E-state index in [0.29, 0.717) is 36.3 Å². The smallest absolute Gasteiger partial charge is 0.252 e. The monoisotopic (exact) mass is 466 g/mol. The Bertz CT molecular complexity index is 739. The zero-order chi connectivity index (χ0) is 15.7. The van der Waals surface area contributed by atoms with Crippen molar-refractivity contribution in [2.24, 2.45) is 0 Å². The molecule has 0 aromatic carbocycles. The summed E-state index contributed by atoms with van der Waals surface area (Å²) in [7, 11) is -3.44. The molecule has 0 aliphatic carbocycles. The molecule has 118 valence electrons. The summed E-state index contributed by atoms with van der Waals surface area (Å²) < 4.78 is 28.7. The van der Waals surface area contributed by atoms with Gasteiger partial charge in [0.05, 0.1) is 3.79 Å². The molecule has 0 bridgehead atoms. The van der Waals surface area contributed by atoms with E-state index < -0.39 is 10.0 Å². The number of hydrogen-bond donors (Lipinski definition) is 0. The average molecular weight is 468 g/mol. The van der Waals surface area contributed by atoms with Gasteiger partial charge in [-0.15, -0.1) is 11.3 Å². The van der Waals surface area contributed by atoms with Gasteiger partial charge in [-0.3, -0.25) is 0 Å². The first-order valence-electron chi connectivity index (χ1n) is 6.45. The molecule has 0 spiro atoms. The Morgan fingerprint density at radius 2 is 1.73 bits per heavy atom. The molecule has 1 fully saturated rings. The second-order valence-corrected chi connectivity index (χ2v) is 10.0. The van der Waals surface area contributed by atoms with Crippen molar-refractivity contribution in [1.29, 1.82) is 0 Å². The van der Waals surface area contributed by atoms with E-state index in [1.165, 1.54) is 15.6 Å². The molecule has 3 heterocycles. The minimum atomic E-state index is -3.44. The molecular weight excluding hydrogens is 456 g/mol. The van der Waals surface area contributed by atoms with Crippen molar-refractivity contribution in [2.45, 2.75) is 4.21 Å². The first kappa shape index (κ1) is 16.3. The summed E-state index contributed by atoms with van der Waals surface area (Å²) in [6.45, 7) is 2.01. The average Bonchev–Trinajstić information content (AvgIpc) is 2.88. The Balaban J connectivity index is 1.73. The quantitative estimate of drug-likeness (QED) is 0.693. The first-order chi connectivity index (χ1) is 10.5. The zero-order valence-electron chi connectivity index (χ0n) is 11.3. The van der Waals surface area contributed by atoms with Crippen molar-refractivity contribution < 1.29 is 8.42 Å². The topological polar surface area (TPSA) is 66.4 Å². The van der Waals surface area contributed by atoms with E-state index in [1.807, 2.05) is 4.90 Å². The second-order valence-electron chi connectivity index (χ2n) is 4.63. The van der Waals surface area contributed by atoms with Crippen LogP contribution in [0, 0.1) is 0 Å². The largest absolute Gasteiger partial charge is 0.338 e. The van der Waals surface area contributed by atoms with Crippen molar-refractivity contribution in [3.8, 4) is 0 Å². The molecule has 0 saturated carbocycles. The number of nitrogens with zero attached hydrogens (tertiary/aromatic N) is 4. The van der Waals surface area contributed by atoms with Crippen molar-refractivity contribution in [2.75, 3.05) is 31.1 Å². The number of sulfonamides is 1.